The molecule has 84 valence electrons. The zero-order chi connectivity index (χ0) is 10.8. The molecule has 2 aromatic rings. The van der Waals surface area contributed by atoms with Gasteiger partial charge in [-0.15, -0.1) is 0 Å². The third-order valence-electron chi connectivity index (χ3n) is 3.68. The third-order valence-corrected chi connectivity index (χ3v) is 3.68. The van der Waals surface area contributed by atoms with Crippen molar-refractivity contribution in [1.29, 1.82) is 0 Å². The Morgan fingerprint density at radius 3 is 2.75 bits per heavy atom. The van der Waals surface area contributed by atoms with Crippen LogP contribution in [0.1, 0.15) is 24.8 Å². The Balaban J connectivity index is 1.83. The Bertz CT molecular complexity index is 466. The monoisotopic (exact) mass is 215 g/mol. The molecule has 0 amide bonds. The number of aromatic amines is 1. The van der Waals surface area contributed by atoms with E-state index in [2.05, 4.69) is 35.4 Å². The standard InChI is InChI=1S/C14H18N2/c1-4-8-16(9-5-1)11-12-10-15-14-7-3-2-6-13(12)14/h2-3,6-7,10,15H,1,4-5,8-9,11H2/p+1. The normalized spacial score (nSPS) is 18.0. The molecule has 1 aromatic heterocycles. The van der Waals surface area contributed by atoms with Gasteiger partial charge in [-0.3, -0.25) is 0 Å². The van der Waals surface area contributed by atoms with Gasteiger partial charge in [0.2, 0.25) is 0 Å². The summed E-state index contributed by atoms with van der Waals surface area (Å²) in [5, 5.41) is 1.40. The highest BCUT2D eigenvalue weighted by Crippen LogP contribution is 2.16. The summed E-state index contributed by atoms with van der Waals surface area (Å²) in [5.41, 5.74) is 2.75. The van der Waals surface area contributed by atoms with Crippen LogP contribution in [0.15, 0.2) is 30.5 Å². The second-order valence-electron chi connectivity index (χ2n) is 4.85. The van der Waals surface area contributed by atoms with Crippen LogP contribution in [0, 0.1) is 0 Å². The fraction of sp³-hybridized carbons (Fsp3) is 0.429. The molecule has 1 fully saturated rings. The molecule has 0 spiro atoms. The lowest BCUT2D eigenvalue weighted by Gasteiger charge is -2.23. The highest BCUT2D eigenvalue weighted by Gasteiger charge is 2.15. The summed E-state index contributed by atoms with van der Waals surface area (Å²) in [7, 11) is 0. The minimum atomic E-state index is 1.18. The topological polar surface area (TPSA) is 20.2 Å². The molecule has 1 aliphatic rings. The first-order valence-corrected chi connectivity index (χ1v) is 6.32. The molecule has 1 saturated heterocycles. The second-order valence-corrected chi connectivity index (χ2v) is 4.85. The van der Waals surface area contributed by atoms with Gasteiger partial charge in [0.25, 0.3) is 0 Å². The number of fused-ring (bicyclic) bond motifs is 1. The minimum absolute atomic E-state index is 1.18. The van der Waals surface area contributed by atoms with Crippen LogP contribution in [0.3, 0.4) is 0 Å². The Morgan fingerprint density at radius 1 is 1.06 bits per heavy atom. The number of aromatic nitrogens is 1. The van der Waals surface area contributed by atoms with E-state index in [-0.39, 0.29) is 0 Å². The summed E-state index contributed by atoms with van der Waals surface area (Å²) in [6.07, 6.45) is 6.42. The van der Waals surface area contributed by atoms with Gasteiger partial charge in [0.15, 0.2) is 0 Å². The van der Waals surface area contributed by atoms with Crippen molar-refractivity contribution in [3.63, 3.8) is 0 Å². The summed E-state index contributed by atoms with van der Waals surface area (Å²) >= 11 is 0. The largest absolute Gasteiger partial charge is 0.361 e. The highest BCUT2D eigenvalue weighted by atomic mass is 15.1. The van der Waals surface area contributed by atoms with Gasteiger partial charge in [-0.25, -0.2) is 0 Å². The van der Waals surface area contributed by atoms with Crippen LogP contribution in [-0.2, 0) is 6.54 Å². The molecular formula is C14H19N2+. The smallest absolute Gasteiger partial charge is 0.105 e. The molecule has 0 saturated carbocycles. The first kappa shape index (κ1) is 9.91. The molecule has 2 nitrogen and oxygen atoms in total. The predicted octanol–water partition coefficient (Wildman–Crippen LogP) is 1.74. The lowest BCUT2D eigenvalue weighted by molar-refractivity contribution is -0.918. The van der Waals surface area contributed by atoms with Crippen molar-refractivity contribution in [3.8, 4) is 0 Å². The molecule has 1 aromatic carbocycles. The van der Waals surface area contributed by atoms with Crippen LogP contribution in [0.4, 0.5) is 0 Å². The summed E-state index contributed by atoms with van der Waals surface area (Å²) in [6, 6.07) is 8.61. The SMILES string of the molecule is c1ccc2c(C[NH+]3CCCCC3)c[nH]c2c1. The average molecular weight is 215 g/mol. The number of hydrogen-bond donors (Lipinski definition) is 2. The van der Waals surface area contributed by atoms with Crippen molar-refractivity contribution in [2.24, 2.45) is 0 Å². The maximum absolute atomic E-state index is 3.36. The van der Waals surface area contributed by atoms with E-state index in [1.807, 2.05) is 0 Å². The van der Waals surface area contributed by atoms with Gasteiger partial charge >= 0.3 is 0 Å². The van der Waals surface area contributed by atoms with Gasteiger partial charge < -0.3 is 9.88 Å². The average Bonchev–Trinajstić information content (AvgIpc) is 2.74. The molecule has 2 heterocycles. The van der Waals surface area contributed by atoms with E-state index in [4.69, 9.17) is 0 Å². The second kappa shape index (κ2) is 4.30. The molecule has 2 N–H and O–H groups in total. The van der Waals surface area contributed by atoms with Crippen LogP contribution in [0.2, 0.25) is 0 Å². The summed E-state index contributed by atoms with van der Waals surface area (Å²) in [5.74, 6) is 0. The van der Waals surface area contributed by atoms with E-state index in [1.54, 1.807) is 4.90 Å². The van der Waals surface area contributed by atoms with Gasteiger partial charge in [0, 0.05) is 22.7 Å². The van der Waals surface area contributed by atoms with E-state index in [1.165, 1.54) is 55.4 Å². The first-order valence-electron chi connectivity index (χ1n) is 6.32. The number of para-hydroxylation sites is 1. The molecule has 0 radical (unpaired) electrons. The number of nitrogens with one attached hydrogen (secondary N) is 2. The fourth-order valence-electron chi connectivity index (χ4n) is 2.78. The number of likely N-dealkylation sites (tertiary alicyclic amines) is 1. The van der Waals surface area contributed by atoms with Crippen molar-refractivity contribution in [3.05, 3.63) is 36.0 Å². The van der Waals surface area contributed by atoms with Crippen molar-refractivity contribution in [2.75, 3.05) is 13.1 Å². The molecule has 16 heavy (non-hydrogen) atoms. The van der Waals surface area contributed by atoms with Crippen molar-refractivity contribution in [1.82, 2.24) is 4.98 Å². The molecule has 0 aliphatic carbocycles. The Hall–Kier alpha value is -1.28. The third kappa shape index (κ3) is 1.85. The molecule has 0 atom stereocenters. The number of H-pyrrole nitrogens is 1. The van der Waals surface area contributed by atoms with E-state index in [9.17, 15) is 0 Å². The van der Waals surface area contributed by atoms with Crippen molar-refractivity contribution >= 4 is 10.9 Å². The molecule has 2 heteroatoms. The maximum Gasteiger partial charge on any atom is 0.105 e. The number of piperidine rings is 1. The number of rotatable bonds is 2. The van der Waals surface area contributed by atoms with Crippen molar-refractivity contribution < 1.29 is 4.90 Å². The lowest BCUT2D eigenvalue weighted by Crippen LogP contribution is -3.11. The quantitative estimate of drug-likeness (QED) is 0.761. The Morgan fingerprint density at radius 2 is 1.88 bits per heavy atom. The van der Waals surface area contributed by atoms with Gasteiger partial charge in [-0.2, -0.15) is 0 Å². The maximum atomic E-state index is 3.36. The number of benzene rings is 1. The summed E-state index contributed by atoms with van der Waals surface area (Å²) in [6.45, 7) is 3.88. The fourth-order valence-corrected chi connectivity index (χ4v) is 2.78. The van der Waals surface area contributed by atoms with E-state index >= 15 is 0 Å². The minimum Gasteiger partial charge on any atom is -0.361 e. The van der Waals surface area contributed by atoms with Gasteiger partial charge in [-0.1, -0.05) is 18.2 Å². The lowest BCUT2D eigenvalue weighted by atomic mass is 10.1. The molecule has 0 unspecified atom stereocenters. The van der Waals surface area contributed by atoms with E-state index in [0.29, 0.717) is 0 Å². The van der Waals surface area contributed by atoms with Crippen LogP contribution in [0.5, 0.6) is 0 Å². The van der Waals surface area contributed by atoms with Crippen LogP contribution >= 0.6 is 0 Å². The van der Waals surface area contributed by atoms with Gasteiger partial charge in [0.1, 0.15) is 6.54 Å². The van der Waals surface area contributed by atoms with Crippen molar-refractivity contribution in [2.45, 2.75) is 25.8 Å². The Labute approximate surface area is 96.3 Å². The number of quaternary nitrogens is 1. The van der Waals surface area contributed by atoms with Crippen LogP contribution < -0.4 is 4.90 Å². The van der Waals surface area contributed by atoms with Gasteiger partial charge in [0.05, 0.1) is 13.1 Å². The first-order chi connectivity index (χ1) is 7.93. The molecule has 1 aliphatic heterocycles. The molecular weight excluding hydrogens is 196 g/mol. The molecule has 0 bridgehead atoms. The summed E-state index contributed by atoms with van der Waals surface area (Å²) < 4.78 is 0. The Kier molecular flexibility index (Phi) is 2.66. The van der Waals surface area contributed by atoms with E-state index in [0.717, 1.165) is 0 Å². The van der Waals surface area contributed by atoms with Crippen LogP contribution in [-0.4, -0.2) is 18.1 Å². The van der Waals surface area contributed by atoms with Gasteiger partial charge in [-0.05, 0) is 25.3 Å². The van der Waals surface area contributed by atoms with Crippen LogP contribution in [0.25, 0.3) is 10.9 Å². The van der Waals surface area contributed by atoms with E-state index < -0.39 is 0 Å². The highest BCUT2D eigenvalue weighted by molar-refractivity contribution is 5.82. The molecule has 3 rings (SSSR count). The number of hydrogen-bond acceptors (Lipinski definition) is 0. The summed E-state index contributed by atoms with van der Waals surface area (Å²) in [4.78, 5) is 5.11. The predicted molar refractivity (Wildman–Crippen MR) is 66.6 cm³/mol. The zero-order valence-electron chi connectivity index (χ0n) is 9.63. The zero-order valence-corrected chi connectivity index (χ0v) is 9.63.